The molecular formula is C20H37N5O4. The number of carbonyl (C=O) groups excluding carboxylic acids is 2. The summed E-state index contributed by atoms with van der Waals surface area (Å²) in [4.78, 5) is 32.7. The van der Waals surface area contributed by atoms with Crippen molar-refractivity contribution in [1.29, 1.82) is 0 Å². The van der Waals surface area contributed by atoms with E-state index < -0.39 is 6.09 Å². The molecular weight excluding hydrogens is 374 g/mol. The van der Waals surface area contributed by atoms with Gasteiger partial charge in [-0.1, -0.05) is 13.8 Å². The Morgan fingerprint density at radius 3 is 2.45 bits per heavy atom. The maximum absolute atomic E-state index is 12.5. The lowest BCUT2D eigenvalue weighted by Crippen LogP contribution is -2.56. The van der Waals surface area contributed by atoms with E-state index in [0.29, 0.717) is 38.8 Å². The van der Waals surface area contributed by atoms with E-state index in [9.17, 15) is 9.59 Å². The molecule has 0 radical (unpaired) electrons. The lowest BCUT2D eigenvalue weighted by atomic mass is 10.0. The fourth-order valence-corrected chi connectivity index (χ4v) is 3.76. The van der Waals surface area contributed by atoms with Crippen molar-refractivity contribution in [3.05, 3.63) is 0 Å². The molecule has 0 spiro atoms. The van der Waals surface area contributed by atoms with Crippen LogP contribution >= 0.6 is 0 Å². The van der Waals surface area contributed by atoms with Crippen molar-refractivity contribution in [2.75, 3.05) is 53.0 Å². The maximum atomic E-state index is 12.5. The van der Waals surface area contributed by atoms with Crippen LogP contribution in [0, 0.1) is 5.92 Å². The summed E-state index contributed by atoms with van der Waals surface area (Å²) in [5, 5.41) is 6.29. The highest BCUT2D eigenvalue weighted by Crippen LogP contribution is 2.16. The monoisotopic (exact) mass is 411 g/mol. The fraction of sp³-hybridized carbons (Fsp3) is 0.850. The molecule has 2 fully saturated rings. The number of ether oxygens (including phenoxy) is 2. The number of amides is 2. The topological polar surface area (TPSA) is 95.5 Å². The Kier molecular flexibility index (Phi) is 9.50. The zero-order valence-electron chi connectivity index (χ0n) is 18.3. The average Bonchev–Trinajstić information content (AvgIpc) is 3.23. The number of hydrogen-bond acceptors (Lipinski definition) is 5. The molecule has 0 bridgehead atoms. The lowest BCUT2D eigenvalue weighted by Gasteiger charge is -2.37. The number of nitrogens with one attached hydrogen (secondary N) is 2. The van der Waals surface area contributed by atoms with E-state index in [4.69, 9.17) is 9.47 Å². The first-order valence-corrected chi connectivity index (χ1v) is 10.7. The highest BCUT2D eigenvalue weighted by atomic mass is 16.5. The number of rotatable bonds is 7. The van der Waals surface area contributed by atoms with Gasteiger partial charge in [-0.25, -0.2) is 4.79 Å². The van der Waals surface area contributed by atoms with Gasteiger partial charge in [-0.05, 0) is 32.1 Å². The van der Waals surface area contributed by atoms with E-state index >= 15 is 0 Å². The van der Waals surface area contributed by atoms with Gasteiger partial charge in [0.2, 0.25) is 0 Å². The number of guanidine groups is 1. The fourth-order valence-electron chi connectivity index (χ4n) is 3.76. The van der Waals surface area contributed by atoms with Gasteiger partial charge in [0, 0.05) is 52.4 Å². The summed E-state index contributed by atoms with van der Waals surface area (Å²) >= 11 is 0. The molecule has 2 amide bonds. The van der Waals surface area contributed by atoms with Crippen molar-refractivity contribution in [2.45, 2.75) is 52.2 Å². The molecule has 0 aromatic carbocycles. The predicted molar refractivity (Wildman–Crippen MR) is 112 cm³/mol. The summed E-state index contributed by atoms with van der Waals surface area (Å²) in [6.45, 7) is 10.4. The Morgan fingerprint density at radius 1 is 1.21 bits per heavy atom. The second kappa shape index (κ2) is 11.8. The highest BCUT2D eigenvalue weighted by molar-refractivity contribution is 5.83. The van der Waals surface area contributed by atoms with Crippen LogP contribution in [0.1, 0.15) is 40.0 Å². The Hall–Kier alpha value is -2.03. The van der Waals surface area contributed by atoms with Crippen LogP contribution in [-0.4, -0.2) is 92.9 Å². The molecule has 2 N–H and O–H groups in total. The Morgan fingerprint density at radius 2 is 1.90 bits per heavy atom. The minimum absolute atomic E-state index is 0.0480. The summed E-state index contributed by atoms with van der Waals surface area (Å²) in [7, 11) is 1.75. The van der Waals surface area contributed by atoms with Gasteiger partial charge in [-0.2, -0.15) is 0 Å². The van der Waals surface area contributed by atoms with Gasteiger partial charge in [-0.15, -0.1) is 0 Å². The molecule has 9 heteroatoms. The first-order chi connectivity index (χ1) is 13.9. The van der Waals surface area contributed by atoms with Crippen molar-refractivity contribution in [3.63, 3.8) is 0 Å². The third kappa shape index (κ3) is 7.38. The summed E-state index contributed by atoms with van der Waals surface area (Å²) in [5.41, 5.74) is 0. The first-order valence-electron chi connectivity index (χ1n) is 10.7. The van der Waals surface area contributed by atoms with Gasteiger partial charge < -0.3 is 29.9 Å². The SMILES string of the molecule is CCOC(=O)NC(CNC(=NC)N1CCN(C(=O)C2CCCO2)CC1)CC(C)C. The molecule has 9 nitrogen and oxygen atoms in total. The summed E-state index contributed by atoms with van der Waals surface area (Å²) < 4.78 is 10.5. The number of carbonyl (C=O) groups is 2. The molecule has 0 saturated carbocycles. The molecule has 2 rings (SSSR count). The van der Waals surface area contributed by atoms with Crippen molar-refractivity contribution < 1.29 is 19.1 Å². The number of nitrogens with zero attached hydrogens (tertiary/aromatic N) is 3. The van der Waals surface area contributed by atoms with Crippen molar-refractivity contribution >= 4 is 18.0 Å². The molecule has 166 valence electrons. The van der Waals surface area contributed by atoms with Gasteiger partial charge in [-0.3, -0.25) is 9.79 Å². The van der Waals surface area contributed by atoms with Crippen LogP contribution in [-0.2, 0) is 14.3 Å². The lowest BCUT2D eigenvalue weighted by molar-refractivity contribution is -0.142. The molecule has 2 heterocycles. The van der Waals surface area contributed by atoms with E-state index in [1.807, 2.05) is 4.90 Å². The number of aliphatic imine (C=N–C) groups is 1. The third-order valence-electron chi connectivity index (χ3n) is 5.17. The molecule has 0 aromatic heterocycles. The maximum Gasteiger partial charge on any atom is 0.407 e. The van der Waals surface area contributed by atoms with Crippen LogP contribution in [0.2, 0.25) is 0 Å². The van der Waals surface area contributed by atoms with Crippen molar-refractivity contribution in [2.24, 2.45) is 10.9 Å². The summed E-state index contributed by atoms with van der Waals surface area (Å²) in [6, 6.07) is -0.0480. The van der Waals surface area contributed by atoms with E-state index in [1.165, 1.54) is 0 Å². The zero-order valence-corrected chi connectivity index (χ0v) is 18.3. The molecule has 2 saturated heterocycles. The number of hydrogen-bond donors (Lipinski definition) is 2. The van der Waals surface area contributed by atoms with Crippen LogP contribution in [0.15, 0.2) is 4.99 Å². The Bertz CT molecular complexity index is 555. The van der Waals surface area contributed by atoms with E-state index in [-0.39, 0.29) is 18.1 Å². The van der Waals surface area contributed by atoms with Gasteiger partial charge >= 0.3 is 6.09 Å². The second-order valence-electron chi connectivity index (χ2n) is 7.93. The summed E-state index contributed by atoms with van der Waals surface area (Å²) in [5.74, 6) is 1.34. The number of alkyl carbamates (subject to hydrolysis) is 1. The molecule has 2 aliphatic rings. The highest BCUT2D eigenvalue weighted by Gasteiger charge is 2.31. The van der Waals surface area contributed by atoms with Crippen LogP contribution in [0.25, 0.3) is 0 Å². The van der Waals surface area contributed by atoms with Crippen molar-refractivity contribution in [1.82, 2.24) is 20.4 Å². The standard InChI is InChI=1S/C20H37N5O4/c1-5-28-20(27)23-16(13-15(2)3)14-22-19(21-4)25-10-8-24(9-11-25)18(26)17-7-6-12-29-17/h15-17H,5-14H2,1-4H3,(H,21,22)(H,23,27). The minimum atomic E-state index is -0.392. The van der Waals surface area contributed by atoms with E-state index in [1.54, 1.807) is 14.0 Å². The van der Waals surface area contributed by atoms with Gasteiger partial charge in [0.05, 0.1) is 6.61 Å². The van der Waals surface area contributed by atoms with Crippen LogP contribution < -0.4 is 10.6 Å². The Labute approximate surface area is 174 Å². The molecule has 29 heavy (non-hydrogen) atoms. The Balaban J connectivity index is 1.82. The van der Waals surface area contributed by atoms with E-state index in [2.05, 4.69) is 34.4 Å². The van der Waals surface area contributed by atoms with Crippen LogP contribution in [0.4, 0.5) is 4.79 Å². The van der Waals surface area contributed by atoms with Crippen LogP contribution in [0.3, 0.4) is 0 Å². The van der Waals surface area contributed by atoms with Crippen LogP contribution in [0.5, 0.6) is 0 Å². The summed E-state index contributed by atoms with van der Waals surface area (Å²) in [6.07, 6.45) is 1.98. The minimum Gasteiger partial charge on any atom is -0.450 e. The largest absolute Gasteiger partial charge is 0.450 e. The van der Waals surface area contributed by atoms with E-state index in [0.717, 1.165) is 38.3 Å². The second-order valence-corrected chi connectivity index (χ2v) is 7.93. The molecule has 2 aliphatic heterocycles. The first kappa shape index (κ1) is 23.3. The quantitative estimate of drug-likeness (QED) is 0.480. The molecule has 0 aromatic rings. The average molecular weight is 412 g/mol. The molecule has 0 aliphatic carbocycles. The molecule has 2 unspecified atom stereocenters. The van der Waals surface area contributed by atoms with Crippen molar-refractivity contribution in [3.8, 4) is 0 Å². The smallest absolute Gasteiger partial charge is 0.407 e. The van der Waals surface area contributed by atoms with Gasteiger partial charge in [0.25, 0.3) is 5.91 Å². The third-order valence-corrected chi connectivity index (χ3v) is 5.17. The predicted octanol–water partition coefficient (Wildman–Crippen LogP) is 1.05. The zero-order chi connectivity index (χ0) is 21.2. The number of piperazine rings is 1. The van der Waals surface area contributed by atoms with Gasteiger partial charge in [0.1, 0.15) is 6.10 Å². The normalized spacial score (nSPS) is 21.3. The van der Waals surface area contributed by atoms with Gasteiger partial charge in [0.15, 0.2) is 5.96 Å². The molecule has 2 atom stereocenters.